The number of nitrogens with zero attached hydrogens (tertiary/aromatic N) is 1. The molecule has 1 heterocycles. The second-order valence-corrected chi connectivity index (χ2v) is 7.52. The lowest BCUT2D eigenvalue weighted by molar-refractivity contribution is 0.570. The molecule has 1 rings (SSSR count). The predicted molar refractivity (Wildman–Crippen MR) is 85.8 cm³/mol. The highest BCUT2D eigenvalue weighted by Crippen LogP contribution is 2.12. The van der Waals surface area contributed by atoms with Gasteiger partial charge in [0, 0.05) is 24.5 Å². The summed E-state index contributed by atoms with van der Waals surface area (Å²) >= 11 is 1.71. The van der Waals surface area contributed by atoms with Crippen LogP contribution in [-0.4, -0.2) is 37.5 Å². The first-order valence-corrected chi connectivity index (χ1v) is 9.43. The number of nitrogens with one attached hydrogen (secondary N) is 2. The lowest BCUT2D eigenvalue weighted by atomic mass is 10.4. The van der Waals surface area contributed by atoms with Gasteiger partial charge < -0.3 is 5.32 Å². The van der Waals surface area contributed by atoms with Crippen LogP contribution in [0.1, 0.15) is 27.2 Å². The maximum absolute atomic E-state index is 12.2. The van der Waals surface area contributed by atoms with Crippen molar-refractivity contribution < 1.29 is 8.42 Å². The maximum Gasteiger partial charge on any atom is 0.242 e. The highest BCUT2D eigenvalue weighted by molar-refractivity contribution is 7.99. The van der Waals surface area contributed by atoms with E-state index >= 15 is 0 Å². The van der Waals surface area contributed by atoms with Crippen molar-refractivity contribution in [2.24, 2.45) is 0 Å². The third kappa shape index (κ3) is 5.68. The Kier molecular flexibility index (Phi) is 7.32. The molecule has 1 aromatic heterocycles. The average Bonchev–Trinajstić information content (AvgIpc) is 2.43. The predicted octanol–water partition coefficient (Wildman–Crippen LogP) is 2.32. The lowest BCUT2D eigenvalue weighted by Gasteiger charge is -2.13. The number of hydrogen-bond acceptors (Lipinski definition) is 5. The van der Waals surface area contributed by atoms with Gasteiger partial charge in [-0.25, -0.2) is 18.1 Å². The molecular weight excluding hydrogens is 294 g/mol. The lowest BCUT2D eigenvalue weighted by Crippen LogP contribution is -2.34. The fraction of sp³-hybridized carbons (Fsp3) is 0.615. The summed E-state index contributed by atoms with van der Waals surface area (Å²) in [4.78, 5) is 4.32. The van der Waals surface area contributed by atoms with Gasteiger partial charge in [0.15, 0.2) is 0 Å². The molecular formula is C13H23N3O2S2. The van der Waals surface area contributed by atoms with Crippen LogP contribution in [0.5, 0.6) is 0 Å². The zero-order chi connectivity index (χ0) is 15.0. The Bertz CT molecular complexity index is 489. The van der Waals surface area contributed by atoms with Gasteiger partial charge in [-0.3, -0.25) is 0 Å². The normalized spacial score (nSPS) is 13.2. The van der Waals surface area contributed by atoms with Crippen LogP contribution in [0.2, 0.25) is 0 Å². The first-order chi connectivity index (χ1) is 9.49. The number of thioether (sulfide) groups is 1. The molecule has 1 aromatic rings. The Morgan fingerprint density at radius 2 is 2.10 bits per heavy atom. The van der Waals surface area contributed by atoms with Crippen molar-refractivity contribution in [2.45, 2.75) is 38.1 Å². The first-order valence-electron chi connectivity index (χ1n) is 6.79. The van der Waals surface area contributed by atoms with Crippen molar-refractivity contribution in [2.75, 3.05) is 23.4 Å². The third-order valence-corrected chi connectivity index (χ3v) is 5.25. The first kappa shape index (κ1) is 17.3. The van der Waals surface area contributed by atoms with Gasteiger partial charge in [-0.15, -0.1) is 0 Å². The van der Waals surface area contributed by atoms with Gasteiger partial charge in [0.05, 0.1) is 0 Å². The second-order valence-electron chi connectivity index (χ2n) is 4.49. The van der Waals surface area contributed by atoms with Crippen LogP contribution in [0.15, 0.2) is 23.2 Å². The van der Waals surface area contributed by atoms with E-state index in [4.69, 9.17) is 0 Å². The maximum atomic E-state index is 12.2. The molecule has 7 heteroatoms. The molecule has 0 fully saturated rings. The SMILES string of the molecule is CCCNc1ccc(S(=O)(=O)NC(C)CSCC)cn1. The van der Waals surface area contributed by atoms with Gasteiger partial charge in [-0.1, -0.05) is 13.8 Å². The highest BCUT2D eigenvalue weighted by Gasteiger charge is 2.17. The molecule has 0 aliphatic heterocycles. The van der Waals surface area contributed by atoms with Crippen molar-refractivity contribution in [3.05, 3.63) is 18.3 Å². The zero-order valence-corrected chi connectivity index (χ0v) is 13.9. The fourth-order valence-electron chi connectivity index (χ4n) is 1.56. The number of sulfonamides is 1. The minimum atomic E-state index is -3.48. The summed E-state index contributed by atoms with van der Waals surface area (Å²) < 4.78 is 27.0. The summed E-state index contributed by atoms with van der Waals surface area (Å²) in [6, 6.07) is 3.17. The van der Waals surface area contributed by atoms with Crippen LogP contribution in [0.4, 0.5) is 5.82 Å². The van der Waals surface area contributed by atoms with E-state index in [1.54, 1.807) is 23.9 Å². The molecule has 1 unspecified atom stereocenters. The molecule has 0 radical (unpaired) electrons. The van der Waals surface area contributed by atoms with E-state index in [1.807, 2.05) is 6.92 Å². The van der Waals surface area contributed by atoms with E-state index in [0.29, 0.717) is 5.82 Å². The van der Waals surface area contributed by atoms with Crippen molar-refractivity contribution >= 4 is 27.6 Å². The number of anilines is 1. The Hall–Kier alpha value is -0.790. The van der Waals surface area contributed by atoms with Gasteiger partial charge >= 0.3 is 0 Å². The Morgan fingerprint density at radius 1 is 1.35 bits per heavy atom. The summed E-state index contributed by atoms with van der Waals surface area (Å²) in [7, 11) is -3.48. The van der Waals surface area contributed by atoms with Crippen LogP contribution >= 0.6 is 11.8 Å². The van der Waals surface area contributed by atoms with Crippen LogP contribution in [0.25, 0.3) is 0 Å². The molecule has 0 saturated heterocycles. The van der Waals surface area contributed by atoms with E-state index in [0.717, 1.165) is 24.5 Å². The molecule has 0 saturated carbocycles. The average molecular weight is 317 g/mol. The fourth-order valence-corrected chi connectivity index (χ4v) is 3.52. The molecule has 0 aromatic carbocycles. The summed E-state index contributed by atoms with van der Waals surface area (Å²) in [5.41, 5.74) is 0. The van der Waals surface area contributed by atoms with Gasteiger partial charge in [-0.05, 0) is 31.2 Å². The van der Waals surface area contributed by atoms with Gasteiger partial charge in [0.25, 0.3) is 0 Å². The Labute approximate surface area is 126 Å². The van der Waals surface area contributed by atoms with E-state index < -0.39 is 10.0 Å². The van der Waals surface area contributed by atoms with Gasteiger partial charge in [-0.2, -0.15) is 11.8 Å². The van der Waals surface area contributed by atoms with E-state index in [1.165, 1.54) is 6.20 Å². The Morgan fingerprint density at radius 3 is 2.65 bits per heavy atom. The molecule has 2 N–H and O–H groups in total. The van der Waals surface area contributed by atoms with Crippen molar-refractivity contribution in [1.82, 2.24) is 9.71 Å². The molecule has 114 valence electrons. The molecule has 0 aliphatic rings. The van der Waals surface area contributed by atoms with Crippen molar-refractivity contribution in [3.8, 4) is 0 Å². The van der Waals surface area contributed by atoms with E-state index in [-0.39, 0.29) is 10.9 Å². The topological polar surface area (TPSA) is 71.1 Å². The zero-order valence-electron chi connectivity index (χ0n) is 12.2. The van der Waals surface area contributed by atoms with Gasteiger partial charge in [0.1, 0.15) is 10.7 Å². The number of pyridine rings is 1. The summed E-state index contributed by atoms with van der Waals surface area (Å²) in [5.74, 6) is 2.44. The number of rotatable bonds is 9. The van der Waals surface area contributed by atoms with Crippen LogP contribution in [-0.2, 0) is 10.0 Å². The third-order valence-electron chi connectivity index (χ3n) is 2.53. The quantitative estimate of drug-likeness (QED) is 0.731. The van der Waals surface area contributed by atoms with Crippen LogP contribution in [0.3, 0.4) is 0 Å². The molecule has 0 aliphatic carbocycles. The minimum Gasteiger partial charge on any atom is -0.370 e. The number of aromatic nitrogens is 1. The van der Waals surface area contributed by atoms with Crippen molar-refractivity contribution in [3.63, 3.8) is 0 Å². The summed E-state index contributed by atoms with van der Waals surface area (Å²) in [6.45, 7) is 6.80. The summed E-state index contributed by atoms with van der Waals surface area (Å²) in [5, 5.41) is 3.11. The molecule has 1 atom stereocenters. The monoisotopic (exact) mass is 317 g/mol. The van der Waals surface area contributed by atoms with Crippen LogP contribution < -0.4 is 10.0 Å². The largest absolute Gasteiger partial charge is 0.370 e. The highest BCUT2D eigenvalue weighted by atomic mass is 32.2. The van der Waals surface area contributed by atoms with E-state index in [2.05, 4.69) is 28.9 Å². The number of hydrogen-bond donors (Lipinski definition) is 2. The van der Waals surface area contributed by atoms with E-state index in [9.17, 15) is 8.42 Å². The smallest absolute Gasteiger partial charge is 0.242 e. The summed E-state index contributed by atoms with van der Waals surface area (Å²) in [6.07, 6.45) is 2.38. The standard InChI is InChI=1S/C13H23N3O2S2/c1-4-8-14-13-7-6-12(9-15-13)20(17,18)16-11(3)10-19-5-2/h6-7,9,11,16H,4-5,8,10H2,1-3H3,(H,14,15). The molecule has 20 heavy (non-hydrogen) atoms. The molecule has 5 nitrogen and oxygen atoms in total. The van der Waals surface area contributed by atoms with Crippen molar-refractivity contribution in [1.29, 1.82) is 0 Å². The molecule has 0 spiro atoms. The van der Waals surface area contributed by atoms with Crippen LogP contribution in [0, 0.1) is 0 Å². The van der Waals surface area contributed by atoms with Gasteiger partial charge in [0.2, 0.25) is 10.0 Å². The molecule has 0 bridgehead atoms. The minimum absolute atomic E-state index is 0.0946. The second kappa shape index (κ2) is 8.49. The molecule has 0 amide bonds. The Balaban J connectivity index is 2.67.